The Morgan fingerprint density at radius 2 is 2.18 bits per heavy atom. The van der Waals surface area contributed by atoms with Gasteiger partial charge in [-0.3, -0.25) is 5.32 Å². The minimum atomic E-state index is -0.117. The van der Waals surface area contributed by atoms with Crippen molar-refractivity contribution in [1.29, 1.82) is 0 Å². The van der Waals surface area contributed by atoms with Crippen molar-refractivity contribution >= 4 is 22.5 Å². The van der Waals surface area contributed by atoms with Crippen molar-refractivity contribution in [3.05, 3.63) is 10.6 Å². The molecule has 17 heavy (non-hydrogen) atoms. The summed E-state index contributed by atoms with van der Waals surface area (Å²) in [5.74, 6) is 0. The highest BCUT2D eigenvalue weighted by Crippen LogP contribution is 2.22. The Kier molecular flexibility index (Phi) is 3.99. The van der Waals surface area contributed by atoms with E-state index in [1.807, 2.05) is 6.92 Å². The lowest BCUT2D eigenvalue weighted by molar-refractivity contribution is 0.248. The molecule has 2 amide bonds. The van der Waals surface area contributed by atoms with Gasteiger partial charge in [0.1, 0.15) is 0 Å². The molecule has 0 bridgehead atoms. The van der Waals surface area contributed by atoms with Crippen LogP contribution >= 0.6 is 11.3 Å². The maximum absolute atomic E-state index is 11.7. The van der Waals surface area contributed by atoms with Crippen molar-refractivity contribution in [2.24, 2.45) is 0 Å². The van der Waals surface area contributed by atoms with Crippen molar-refractivity contribution in [1.82, 2.24) is 10.3 Å². The highest BCUT2D eigenvalue weighted by atomic mass is 32.1. The van der Waals surface area contributed by atoms with Crippen molar-refractivity contribution in [2.75, 3.05) is 5.32 Å². The summed E-state index contributed by atoms with van der Waals surface area (Å²) in [4.78, 5) is 17.3. The lowest BCUT2D eigenvalue weighted by Crippen LogP contribution is -2.36. The van der Waals surface area contributed by atoms with Gasteiger partial charge >= 0.3 is 6.03 Å². The Hall–Kier alpha value is -1.10. The highest BCUT2D eigenvalue weighted by Gasteiger charge is 2.17. The first kappa shape index (κ1) is 12.4. The fourth-order valence-electron chi connectivity index (χ4n) is 2.20. The minimum Gasteiger partial charge on any atom is -0.335 e. The molecule has 1 saturated carbocycles. The molecule has 0 aliphatic heterocycles. The van der Waals surface area contributed by atoms with Crippen LogP contribution < -0.4 is 10.6 Å². The Morgan fingerprint density at radius 3 is 2.76 bits per heavy atom. The summed E-state index contributed by atoms with van der Waals surface area (Å²) < 4.78 is 0. The maximum atomic E-state index is 11.7. The molecule has 0 spiro atoms. The van der Waals surface area contributed by atoms with E-state index in [-0.39, 0.29) is 6.03 Å². The molecule has 1 heterocycles. The Labute approximate surface area is 106 Å². The molecule has 0 aromatic carbocycles. The van der Waals surface area contributed by atoms with E-state index in [4.69, 9.17) is 0 Å². The molecule has 1 aromatic rings. The van der Waals surface area contributed by atoms with Gasteiger partial charge in [-0.1, -0.05) is 19.8 Å². The number of amides is 2. The molecule has 0 saturated heterocycles. The van der Waals surface area contributed by atoms with Crippen molar-refractivity contribution in [3.63, 3.8) is 0 Å². The topological polar surface area (TPSA) is 54.0 Å². The number of hydrogen-bond donors (Lipinski definition) is 2. The zero-order chi connectivity index (χ0) is 12.3. The predicted octanol–water partition coefficient (Wildman–Crippen LogP) is 3.08. The minimum absolute atomic E-state index is 0.117. The number of nitrogens with one attached hydrogen (secondary N) is 2. The van der Waals surface area contributed by atoms with E-state index in [0.717, 1.165) is 25.0 Å². The summed E-state index contributed by atoms with van der Waals surface area (Å²) in [6, 6.07) is 0.231. The highest BCUT2D eigenvalue weighted by molar-refractivity contribution is 7.15. The van der Waals surface area contributed by atoms with E-state index in [2.05, 4.69) is 22.5 Å². The van der Waals surface area contributed by atoms with Crippen LogP contribution in [0.15, 0.2) is 0 Å². The van der Waals surface area contributed by atoms with Crippen LogP contribution in [0.25, 0.3) is 0 Å². The van der Waals surface area contributed by atoms with Crippen LogP contribution in [0, 0.1) is 6.92 Å². The van der Waals surface area contributed by atoms with Gasteiger partial charge in [-0.25, -0.2) is 9.78 Å². The Balaban J connectivity index is 1.88. The van der Waals surface area contributed by atoms with E-state index in [9.17, 15) is 4.79 Å². The van der Waals surface area contributed by atoms with Gasteiger partial charge in [-0.15, -0.1) is 11.3 Å². The number of rotatable bonds is 3. The van der Waals surface area contributed by atoms with Crippen molar-refractivity contribution < 1.29 is 4.79 Å². The van der Waals surface area contributed by atoms with Gasteiger partial charge in [-0.05, 0) is 26.2 Å². The van der Waals surface area contributed by atoms with Crippen LogP contribution in [0.2, 0.25) is 0 Å². The second kappa shape index (κ2) is 5.49. The van der Waals surface area contributed by atoms with E-state index < -0.39 is 0 Å². The van der Waals surface area contributed by atoms with Crippen LogP contribution in [0.4, 0.5) is 9.93 Å². The van der Waals surface area contributed by atoms with Crippen LogP contribution in [-0.2, 0) is 6.42 Å². The third kappa shape index (κ3) is 3.19. The van der Waals surface area contributed by atoms with Gasteiger partial charge in [-0.2, -0.15) is 0 Å². The largest absolute Gasteiger partial charge is 0.335 e. The van der Waals surface area contributed by atoms with Crippen LogP contribution in [0.1, 0.15) is 43.2 Å². The standard InChI is InChI=1S/C12H19N3OS/c1-3-10-8(2)17-12(14-10)15-11(16)13-9-6-4-5-7-9/h9H,3-7H2,1-2H3,(H2,13,14,15,16). The lowest BCUT2D eigenvalue weighted by Gasteiger charge is -2.11. The van der Waals surface area contributed by atoms with Crippen LogP contribution in [0.3, 0.4) is 0 Å². The number of carbonyl (C=O) groups excluding carboxylic acids is 1. The maximum Gasteiger partial charge on any atom is 0.321 e. The number of hydrogen-bond acceptors (Lipinski definition) is 3. The molecule has 1 aliphatic rings. The van der Waals surface area contributed by atoms with Gasteiger partial charge in [0.05, 0.1) is 5.69 Å². The first-order valence-electron chi connectivity index (χ1n) is 6.23. The van der Waals surface area contributed by atoms with Crippen LogP contribution in [0.5, 0.6) is 0 Å². The lowest BCUT2D eigenvalue weighted by atomic mass is 10.3. The summed E-state index contributed by atoms with van der Waals surface area (Å²) >= 11 is 1.54. The third-order valence-electron chi connectivity index (χ3n) is 3.14. The molecule has 94 valence electrons. The molecule has 2 rings (SSSR count). The average molecular weight is 253 g/mol. The summed E-state index contributed by atoms with van der Waals surface area (Å²) in [7, 11) is 0. The molecule has 1 aromatic heterocycles. The van der Waals surface area contributed by atoms with Crippen molar-refractivity contribution in [2.45, 2.75) is 52.0 Å². The molecule has 1 aliphatic carbocycles. The molecule has 0 atom stereocenters. The molecule has 5 heteroatoms. The number of urea groups is 1. The second-order valence-corrected chi connectivity index (χ2v) is 5.66. The summed E-state index contributed by atoms with van der Waals surface area (Å²) in [5.41, 5.74) is 1.08. The molecule has 4 nitrogen and oxygen atoms in total. The molecule has 1 fully saturated rings. The quantitative estimate of drug-likeness (QED) is 0.869. The molecular formula is C12H19N3OS. The normalized spacial score (nSPS) is 16.1. The molecule has 0 radical (unpaired) electrons. The van der Waals surface area contributed by atoms with Gasteiger partial charge in [0.2, 0.25) is 0 Å². The van der Waals surface area contributed by atoms with Gasteiger partial charge < -0.3 is 5.32 Å². The van der Waals surface area contributed by atoms with E-state index in [1.54, 1.807) is 11.3 Å². The molecule has 2 N–H and O–H groups in total. The number of thiazole rings is 1. The fourth-order valence-corrected chi connectivity index (χ4v) is 3.10. The summed E-state index contributed by atoms with van der Waals surface area (Å²) in [6.45, 7) is 4.11. The van der Waals surface area contributed by atoms with E-state index >= 15 is 0 Å². The molecular weight excluding hydrogens is 234 g/mol. The zero-order valence-corrected chi connectivity index (χ0v) is 11.2. The number of aryl methyl sites for hydroxylation is 2. The number of nitrogens with zero attached hydrogens (tertiary/aromatic N) is 1. The number of aromatic nitrogens is 1. The van der Waals surface area contributed by atoms with Gasteiger partial charge in [0, 0.05) is 10.9 Å². The first-order valence-corrected chi connectivity index (χ1v) is 7.04. The van der Waals surface area contributed by atoms with Gasteiger partial charge in [0.25, 0.3) is 0 Å². The van der Waals surface area contributed by atoms with Crippen LogP contribution in [-0.4, -0.2) is 17.1 Å². The molecule has 0 unspecified atom stereocenters. The number of carbonyl (C=O) groups is 1. The Morgan fingerprint density at radius 1 is 1.47 bits per heavy atom. The monoisotopic (exact) mass is 253 g/mol. The number of anilines is 1. The fraction of sp³-hybridized carbons (Fsp3) is 0.667. The first-order chi connectivity index (χ1) is 8.19. The average Bonchev–Trinajstić information content (AvgIpc) is 2.88. The second-order valence-electron chi connectivity index (χ2n) is 4.46. The third-order valence-corrected chi connectivity index (χ3v) is 4.07. The van der Waals surface area contributed by atoms with Gasteiger partial charge in [0.15, 0.2) is 5.13 Å². The predicted molar refractivity (Wildman–Crippen MR) is 70.6 cm³/mol. The van der Waals surface area contributed by atoms with Crippen molar-refractivity contribution in [3.8, 4) is 0 Å². The van der Waals surface area contributed by atoms with E-state index in [0.29, 0.717) is 11.2 Å². The summed E-state index contributed by atoms with van der Waals surface area (Å²) in [6.07, 6.45) is 5.56. The summed E-state index contributed by atoms with van der Waals surface area (Å²) in [5, 5.41) is 6.52. The zero-order valence-electron chi connectivity index (χ0n) is 10.4. The van der Waals surface area contributed by atoms with E-state index in [1.165, 1.54) is 17.7 Å². The SMILES string of the molecule is CCc1nc(NC(=O)NC2CCCC2)sc1C. The smallest absolute Gasteiger partial charge is 0.321 e. The Bertz CT molecular complexity index is 396.